The number of sulfonamides is 1. The number of anilines is 1. The third kappa shape index (κ3) is 3.66. The van der Waals surface area contributed by atoms with Gasteiger partial charge in [-0.3, -0.25) is 4.79 Å². The van der Waals surface area contributed by atoms with E-state index in [1.807, 2.05) is 45.0 Å². The highest BCUT2D eigenvalue weighted by molar-refractivity contribution is 7.89. The van der Waals surface area contributed by atoms with Gasteiger partial charge in [0, 0.05) is 24.7 Å². The fourth-order valence-corrected chi connectivity index (χ4v) is 4.50. The molecule has 0 spiro atoms. The summed E-state index contributed by atoms with van der Waals surface area (Å²) in [7, 11) is -3.64. The molecule has 0 unspecified atom stereocenters. The molecule has 0 saturated carbocycles. The standard InChI is InChI=1S/C20H24N2O3S/c1-4-20(23)22-12-11-17-13-18(9-10-19(17)22)26(24,25)21-15(3)16-7-5-14(2)6-8-16/h5-10,13,15,21H,4,11-12H2,1-3H3/t15-/m0/s1. The van der Waals surface area contributed by atoms with Crippen molar-refractivity contribution in [2.75, 3.05) is 11.4 Å². The van der Waals surface area contributed by atoms with Crippen LogP contribution >= 0.6 is 0 Å². The molecule has 1 aliphatic rings. The van der Waals surface area contributed by atoms with Crippen LogP contribution in [0.3, 0.4) is 0 Å². The minimum absolute atomic E-state index is 0.0606. The van der Waals surface area contributed by atoms with Crippen LogP contribution in [0.25, 0.3) is 0 Å². The summed E-state index contributed by atoms with van der Waals surface area (Å²) >= 11 is 0. The molecule has 0 saturated heterocycles. The van der Waals surface area contributed by atoms with Gasteiger partial charge in [-0.2, -0.15) is 0 Å². The zero-order valence-electron chi connectivity index (χ0n) is 15.3. The van der Waals surface area contributed by atoms with E-state index in [1.165, 1.54) is 0 Å². The van der Waals surface area contributed by atoms with Crippen molar-refractivity contribution >= 4 is 21.6 Å². The number of benzene rings is 2. The first-order valence-electron chi connectivity index (χ1n) is 8.84. The minimum Gasteiger partial charge on any atom is -0.312 e. The van der Waals surface area contributed by atoms with Gasteiger partial charge in [0.05, 0.1) is 4.90 Å². The molecule has 1 amide bonds. The summed E-state index contributed by atoms with van der Waals surface area (Å²) in [6.07, 6.45) is 1.12. The summed E-state index contributed by atoms with van der Waals surface area (Å²) in [6, 6.07) is 12.5. The van der Waals surface area contributed by atoms with Gasteiger partial charge in [0.25, 0.3) is 0 Å². The van der Waals surface area contributed by atoms with Crippen LogP contribution in [0.1, 0.15) is 43.0 Å². The van der Waals surface area contributed by atoms with Gasteiger partial charge in [-0.15, -0.1) is 0 Å². The molecule has 3 rings (SSSR count). The third-order valence-electron chi connectivity index (χ3n) is 4.77. The molecule has 138 valence electrons. The number of rotatable bonds is 5. The summed E-state index contributed by atoms with van der Waals surface area (Å²) in [6.45, 7) is 6.27. The molecule has 5 nitrogen and oxygen atoms in total. The number of nitrogens with one attached hydrogen (secondary N) is 1. The van der Waals surface area contributed by atoms with Crippen molar-refractivity contribution in [1.82, 2.24) is 4.72 Å². The average Bonchev–Trinajstić information content (AvgIpc) is 3.04. The van der Waals surface area contributed by atoms with Crippen LogP contribution in [-0.2, 0) is 21.2 Å². The van der Waals surface area contributed by atoms with E-state index in [4.69, 9.17) is 0 Å². The van der Waals surface area contributed by atoms with Crippen LogP contribution in [0, 0.1) is 6.92 Å². The van der Waals surface area contributed by atoms with Gasteiger partial charge in [0.15, 0.2) is 0 Å². The first-order valence-corrected chi connectivity index (χ1v) is 10.3. The molecule has 2 aromatic rings. The highest BCUT2D eigenvalue weighted by Crippen LogP contribution is 2.31. The first-order chi connectivity index (χ1) is 12.3. The number of fused-ring (bicyclic) bond motifs is 1. The SMILES string of the molecule is CCC(=O)N1CCc2cc(S(=O)(=O)N[C@@H](C)c3ccc(C)cc3)ccc21. The maximum Gasteiger partial charge on any atom is 0.241 e. The summed E-state index contributed by atoms with van der Waals surface area (Å²) in [5.74, 6) is 0.0606. The van der Waals surface area contributed by atoms with Crippen LogP contribution in [-0.4, -0.2) is 20.9 Å². The Bertz CT molecular complexity index is 921. The molecular weight excluding hydrogens is 348 g/mol. The smallest absolute Gasteiger partial charge is 0.241 e. The minimum atomic E-state index is -3.64. The largest absolute Gasteiger partial charge is 0.312 e. The van der Waals surface area contributed by atoms with Crippen LogP contribution < -0.4 is 9.62 Å². The van der Waals surface area contributed by atoms with Gasteiger partial charge in [0.1, 0.15) is 0 Å². The highest BCUT2D eigenvalue weighted by Gasteiger charge is 2.26. The van der Waals surface area contributed by atoms with Gasteiger partial charge in [-0.05, 0) is 49.6 Å². The van der Waals surface area contributed by atoms with Crippen molar-refractivity contribution in [2.45, 2.75) is 44.6 Å². The zero-order valence-corrected chi connectivity index (χ0v) is 16.1. The van der Waals surface area contributed by atoms with Gasteiger partial charge in [-0.25, -0.2) is 13.1 Å². The Labute approximate surface area is 155 Å². The Hall–Kier alpha value is -2.18. The molecule has 0 aliphatic carbocycles. The highest BCUT2D eigenvalue weighted by atomic mass is 32.2. The van der Waals surface area contributed by atoms with Gasteiger partial charge in [0.2, 0.25) is 15.9 Å². The maximum atomic E-state index is 12.8. The maximum absolute atomic E-state index is 12.8. The number of hydrogen-bond acceptors (Lipinski definition) is 3. The number of carbonyl (C=O) groups is 1. The molecule has 0 aromatic heterocycles. The topological polar surface area (TPSA) is 66.5 Å². The second kappa shape index (κ2) is 7.21. The fourth-order valence-electron chi connectivity index (χ4n) is 3.22. The van der Waals surface area contributed by atoms with Crippen molar-refractivity contribution in [3.63, 3.8) is 0 Å². The molecule has 1 atom stereocenters. The molecule has 1 aliphatic heterocycles. The number of aryl methyl sites for hydroxylation is 1. The number of carbonyl (C=O) groups excluding carboxylic acids is 1. The van der Waals surface area contributed by atoms with Crippen molar-refractivity contribution in [1.29, 1.82) is 0 Å². The first kappa shape index (κ1) is 18.6. The lowest BCUT2D eigenvalue weighted by atomic mass is 10.1. The fraction of sp³-hybridized carbons (Fsp3) is 0.350. The summed E-state index contributed by atoms with van der Waals surface area (Å²) in [5.41, 5.74) is 3.77. The van der Waals surface area contributed by atoms with Crippen molar-refractivity contribution in [3.8, 4) is 0 Å². The molecule has 1 N–H and O–H groups in total. The third-order valence-corrected chi connectivity index (χ3v) is 6.31. The molecule has 2 aromatic carbocycles. The Morgan fingerprint density at radius 1 is 1.19 bits per heavy atom. The van der Waals surface area contributed by atoms with Crippen molar-refractivity contribution < 1.29 is 13.2 Å². The van der Waals surface area contributed by atoms with E-state index in [0.29, 0.717) is 19.4 Å². The summed E-state index contributed by atoms with van der Waals surface area (Å²) in [5, 5.41) is 0. The molecule has 1 heterocycles. The summed E-state index contributed by atoms with van der Waals surface area (Å²) in [4.78, 5) is 13.9. The predicted molar refractivity (Wildman–Crippen MR) is 103 cm³/mol. The molecule has 0 fully saturated rings. The van der Waals surface area contributed by atoms with Crippen LogP contribution in [0.4, 0.5) is 5.69 Å². The molecule has 26 heavy (non-hydrogen) atoms. The van der Waals surface area contributed by atoms with Crippen molar-refractivity contribution in [3.05, 3.63) is 59.2 Å². The molecule has 6 heteroatoms. The molecule has 0 radical (unpaired) electrons. The Morgan fingerprint density at radius 3 is 2.54 bits per heavy atom. The van der Waals surface area contributed by atoms with Gasteiger partial charge >= 0.3 is 0 Å². The van der Waals surface area contributed by atoms with Crippen LogP contribution in [0.5, 0.6) is 0 Å². The Kier molecular flexibility index (Phi) is 5.16. The lowest BCUT2D eigenvalue weighted by Gasteiger charge is -2.18. The Morgan fingerprint density at radius 2 is 1.88 bits per heavy atom. The number of hydrogen-bond donors (Lipinski definition) is 1. The average molecular weight is 372 g/mol. The van der Waals surface area contributed by atoms with E-state index < -0.39 is 10.0 Å². The van der Waals surface area contributed by atoms with Gasteiger partial charge in [-0.1, -0.05) is 36.8 Å². The lowest BCUT2D eigenvalue weighted by molar-refractivity contribution is -0.118. The monoisotopic (exact) mass is 372 g/mol. The van der Waals surface area contributed by atoms with Crippen molar-refractivity contribution in [2.24, 2.45) is 0 Å². The van der Waals surface area contributed by atoms with Crippen LogP contribution in [0.2, 0.25) is 0 Å². The van der Waals surface area contributed by atoms with E-state index in [0.717, 1.165) is 22.4 Å². The van der Waals surface area contributed by atoms with E-state index in [2.05, 4.69) is 4.72 Å². The summed E-state index contributed by atoms with van der Waals surface area (Å²) < 4.78 is 28.3. The Balaban J connectivity index is 1.82. The molecule has 0 bridgehead atoms. The second-order valence-electron chi connectivity index (χ2n) is 6.69. The quantitative estimate of drug-likeness (QED) is 0.875. The number of amides is 1. The lowest BCUT2D eigenvalue weighted by Crippen LogP contribution is -2.28. The second-order valence-corrected chi connectivity index (χ2v) is 8.41. The van der Waals surface area contributed by atoms with E-state index >= 15 is 0 Å². The zero-order chi connectivity index (χ0) is 18.9. The normalized spacial score (nSPS) is 15.0. The van der Waals surface area contributed by atoms with E-state index in [1.54, 1.807) is 23.1 Å². The molecular formula is C20H24N2O3S. The predicted octanol–water partition coefficient (Wildman–Crippen LogP) is 3.33. The number of nitrogens with zero attached hydrogens (tertiary/aromatic N) is 1. The van der Waals surface area contributed by atoms with E-state index in [9.17, 15) is 13.2 Å². The van der Waals surface area contributed by atoms with Crippen LogP contribution in [0.15, 0.2) is 47.4 Å². The van der Waals surface area contributed by atoms with Gasteiger partial charge < -0.3 is 4.90 Å². The van der Waals surface area contributed by atoms with E-state index in [-0.39, 0.29) is 16.8 Å².